The maximum absolute atomic E-state index is 9.94. The van der Waals surface area contributed by atoms with Gasteiger partial charge in [-0.15, -0.1) is 11.6 Å². The van der Waals surface area contributed by atoms with Gasteiger partial charge in [0.1, 0.15) is 6.10 Å². The highest BCUT2D eigenvalue weighted by Gasteiger charge is 2.23. The van der Waals surface area contributed by atoms with Gasteiger partial charge in [-0.25, -0.2) is 0 Å². The molecule has 0 aliphatic carbocycles. The average Bonchev–Trinajstić information content (AvgIpc) is 2.33. The van der Waals surface area contributed by atoms with Gasteiger partial charge in [-0.2, -0.15) is 4.91 Å². The van der Waals surface area contributed by atoms with Crippen LogP contribution < -0.4 is 0 Å². The van der Waals surface area contributed by atoms with Gasteiger partial charge in [0.2, 0.25) is 0 Å². The Morgan fingerprint density at radius 1 is 1.78 bits per heavy atom. The molecule has 1 aliphatic heterocycles. The summed E-state index contributed by atoms with van der Waals surface area (Å²) in [6.07, 6.45) is 2.81. The predicted molar refractivity (Wildman–Crippen MR) is 34.3 cm³/mol. The van der Waals surface area contributed by atoms with Crippen LogP contribution in [0.4, 0.5) is 0 Å². The second-order valence-electron chi connectivity index (χ2n) is 1.75. The van der Waals surface area contributed by atoms with Crippen molar-refractivity contribution in [2.45, 2.75) is 12.1 Å². The highest BCUT2D eigenvalue weighted by atomic mass is 35.5. The van der Waals surface area contributed by atoms with Crippen LogP contribution in [0.25, 0.3) is 0 Å². The van der Waals surface area contributed by atoms with E-state index in [1.54, 1.807) is 6.08 Å². The SMILES string of the molecule is O=NC1C=CO[C@@H]1CCl. The van der Waals surface area contributed by atoms with Crippen molar-refractivity contribution in [3.05, 3.63) is 17.2 Å². The maximum atomic E-state index is 9.94. The number of ether oxygens (including phenoxy) is 1. The summed E-state index contributed by atoms with van der Waals surface area (Å²) >= 11 is 5.42. The highest BCUT2D eigenvalue weighted by Crippen LogP contribution is 2.14. The first-order valence-electron chi connectivity index (χ1n) is 2.59. The molecule has 1 heterocycles. The molecule has 0 N–H and O–H groups in total. The molecule has 2 atom stereocenters. The lowest BCUT2D eigenvalue weighted by Gasteiger charge is -2.07. The summed E-state index contributed by atoms with van der Waals surface area (Å²) in [5, 5.41) is 2.79. The molecule has 9 heavy (non-hydrogen) atoms. The van der Waals surface area contributed by atoms with E-state index in [1.165, 1.54) is 6.26 Å². The minimum atomic E-state index is -0.387. The Balaban J connectivity index is 2.48. The van der Waals surface area contributed by atoms with Crippen LogP contribution in [-0.4, -0.2) is 18.0 Å². The van der Waals surface area contributed by atoms with Gasteiger partial charge in [0.15, 0.2) is 6.04 Å². The van der Waals surface area contributed by atoms with Gasteiger partial charge in [-0.05, 0) is 6.08 Å². The van der Waals surface area contributed by atoms with E-state index < -0.39 is 0 Å². The summed E-state index contributed by atoms with van der Waals surface area (Å²) in [4.78, 5) is 9.94. The van der Waals surface area contributed by atoms with Crippen molar-refractivity contribution in [3.63, 3.8) is 0 Å². The summed E-state index contributed by atoms with van der Waals surface area (Å²) in [5.41, 5.74) is 0. The molecule has 50 valence electrons. The molecule has 4 heteroatoms. The van der Waals surface area contributed by atoms with Crippen molar-refractivity contribution in [1.82, 2.24) is 0 Å². The van der Waals surface area contributed by atoms with Gasteiger partial charge in [-0.3, -0.25) is 0 Å². The molecular formula is C5H6ClNO2. The molecule has 0 spiro atoms. The Hall–Kier alpha value is -0.570. The highest BCUT2D eigenvalue weighted by molar-refractivity contribution is 6.18. The van der Waals surface area contributed by atoms with E-state index in [4.69, 9.17) is 16.3 Å². The lowest BCUT2D eigenvalue weighted by molar-refractivity contribution is 0.179. The van der Waals surface area contributed by atoms with Crippen molar-refractivity contribution in [3.8, 4) is 0 Å². The molecule has 0 bridgehead atoms. The van der Waals surface area contributed by atoms with Crippen molar-refractivity contribution < 1.29 is 4.74 Å². The molecule has 0 radical (unpaired) electrons. The third-order valence-corrected chi connectivity index (χ3v) is 1.49. The molecule has 1 unspecified atom stereocenters. The van der Waals surface area contributed by atoms with E-state index in [2.05, 4.69) is 5.18 Å². The molecular weight excluding hydrogens is 142 g/mol. The zero-order valence-electron chi connectivity index (χ0n) is 4.66. The summed E-state index contributed by atoms with van der Waals surface area (Å²) in [7, 11) is 0. The zero-order chi connectivity index (χ0) is 6.69. The zero-order valence-corrected chi connectivity index (χ0v) is 5.41. The average molecular weight is 148 g/mol. The second-order valence-corrected chi connectivity index (χ2v) is 2.06. The molecule has 1 rings (SSSR count). The molecule has 0 aromatic rings. The van der Waals surface area contributed by atoms with E-state index in [1.807, 2.05) is 0 Å². The van der Waals surface area contributed by atoms with E-state index in [9.17, 15) is 4.91 Å². The van der Waals surface area contributed by atoms with E-state index in [0.29, 0.717) is 5.88 Å². The summed E-state index contributed by atoms with van der Waals surface area (Å²) < 4.78 is 4.90. The van der Waals surface area contributed by atoms with E-state index in [0.717, 1.165) is 0 Å². The van der Waals surface area contributed by atoms with E-state index >= 15 is 0 Å². The maximum Gasteiger partial charge on any atom is 0.151 e. The third kappa shape index (κ3) is 1.21. The van der Waals surface area contributed by atoms with Gasteiger partial charge in [0.25, 0.3) is 0 Å². The van der Waals surface area contributed by atoms with Crippen LogP contribution in [0.3, 0.4) is 0 Å². The quantitative estimate of drug-likeness (QED) is 0.436. The number of hydrogen-bond donors (Lipinski definition) is 0. The fourth-order valence-corrected chi connectivity index (χ4v) is 0.917. The second kappa shape index (κ2) is 2.82. The fraction of sp³-hybridized carbons (Fsp3) is 0.600. The van der Waals surface area contributed by atoms with Gasteiger partial charge in [-0.1, -0.05) is 5.18 Å². The number of rotatable bonds is 2. The standard InChI is InChI=1S/C5H6ClNO2/c6-3-5-4(7-8)1-2-9-5/h1-2,4-5H,3H2/t4?,5-/m1/s1. The van der Waals surface area contributed by atoms with Crippen LogP contribution in [0.15, 0.2) is 17.5 Å². The molecule has 0 amide bonds. The van der Waals surface area contributed by atoms with Crippen LogP contribution in [0.5, 0.6) is 0 Å². The normalized spacial score (nSPS) is 32.1. The van der Waals surface area contributed by atoms with Gasteiger partial charge in [0, 0.05) is 0 Å². The van der Waals surface area contributed by atoms with Crippen LogP contribution in [-0.2, 0) is 4.74 Å². The lowest BCUT2D eigenvalue weighted by atomic mass is 10.2. The minimum Gasteiger partial charge on any atom is -0.494 e. The monoisotopic (exact) mass is 147 g/mol. The van der Waals surface area contributed by atoms with Crippen molar-refractivity contribution in [2.24, 2.45) is 5.18 Å². The molecule has 1 aliphatic rings. The van der Waals surface area contributed by atoms with E-state index in [-0.39, 0.29) is 12.1 Å². The molecule has 0 fully saturated rings. The summed E-state index contributed by atoms with van der Waals surface area (Å²) in [6, 6.07) is -0.387. The minimum absolute atomic E-state index is 0.246. The van der Waals surface area contributed by atoms with Crippen LogP contribution in [0.1, 0.15) is 0 Å². The Morgan fingerprint density at radius 3 is 3.00 bits per heavy atom. The first-order chi connectivity index (χ1) is 4.38. The first-order valence-corrected chi connectivity index (χ1v) is 3.12. The number of halogens is 1. The topological polar surface area (TPSA) is 38.7 Å². The molecule has 0 aromatic heterocycles. The Morgan fingerprint density at radius 2 is 2.56 bits per heavy atom. The van der Waals surface area contributed by atoms with Crippen molar-refractivity contribution >= 4 is 11.6 Å². The Labute approximate surface area is 57.6 Å². The molecule has 0 saturated carbocycles. The fourth-order valence-electron chi connectivity index (χ4n) is 0.662. The third-order valence-electron chi connectivity index (χ3n) is 1.18. The predicted octanol–water partition coefficient (Wildman–Crippen LogP) is 1.27. The van der Waals surface area contributed by atoms with Crippen LogP contribution in [0.2, 0.25) is 0 Å². The molecule has 3 nitrogen and oxygen atoms in total. The largest absolute Gasteiger partial charge is 0.494 e. The Bertz CT molecular complexity index is 137. The number of alkyl halides is 1. The first kappa shape index (κ1) is 6.55. The smallest absolute Gasteiger partial charge is 0.151 e. The van der Waals surface area contributed by atoms with Crippen molar-refractivity contribution in [1.29, 1.82) is 0 Å². The van der Waals surface area contributed by atoms with Gasteiger partial charge in [0.05, 0.1) is 12.1 Å². The van der Waals surface area contributed by atoms with Gasteiger partial charge >= 0.3 is 0 Å². The Kier molecular flexibility index (Phi) is 2.05. The summed E-state index contributed by atoms with van der Waals surface area (Å²) in [5.74, 6) is 0.309. The lowest BCUT2D eigenvalue weighted by Crippen LogP contribution is -2.20. The summed E-state index contributed by atoms with van der Waals surface area (Å²) in [6.45, 7) is 0. The van der Waals surface area contributed by atoms with Crippen LogP contribution in [0, 0.1) is 4.91 Å². The van der Waals surface area contributed by atoms with Gasteiger partial charge < -0.3 is 4.74 Å². The molecule has 0 saturated heterocycles. The van der Waals surface area contributed by atoms with Crippen LogP contribution >= 0.6 is 11.6 Å². The number of hydrogen-bond acceptors (Lipinski definition) is 3. The molecule has 0 aromatic carbocycles. The number of nitroso groups, excluding NO2 is 1. The van der Waals surface area contributed by atoms with Crippen molar-refractivity contribution in [2.75, 3.05) is 5.88 Å². The number of nitrogens with zero attached hydrogens (tertiary/aromatic N) is 1.